The van der Waals surface area contributed by atoms with Crippen LogP contribution in [-0.4, -0.2) is 6.04 Å². The zero-order valence-corrected chi connectivity index (χ0v) is 13.6. The van der Waals surface area contributed by atoms with E-state index in [-0.39, 0.29) is 0 Å². The molecule has 0 amide bonds. The molecule has 0 heterocycles. The Morgan fingerprint density at radius 2 is 1.81 bits per heavy atom. The van der Waals surface area contributed by atoms with Gasteiger partial charge >= 0.3 is 0 Å². The van der Waals surface area contributed by atoms with Crippen LogP contribution in [0.5, 0.6) is 0 Å². The third kappa shape index (κ3) is 4.67. The summed E-state index contributed by atoms with van der Waals surface area (Å²) in [6.45, 7) is 2.24. The summed E-state index contributed by atoms with van der Waals surface area (Å²) < 4.78 is 6.93. The Morgan fingerprint density at radius 3 is 2.62 bits per heavy atom. The van der Waals surface area contributed by atoms with Gasteiger partial charge in [0.1, 0.15) is 0 Å². The SMILES string of the molecule is Brc1ccccc1COCc1cccc(CNC2CC2)c1. The van der Waals surface area contributed by atoms with Gasteiger partial charge in [-0.3, -0.25) is 0 Å². The summed E-state index contributed by atoms with van der Waals surface area (Å²) in [5.41, 5.74) is 3.75. The summed E-state index contributed by atoms with van der Waals surface area (Å²) in [6.07, 6.45) is 2.66. The van der Waals surface area contributed by atoms with Crippen LogP contribution in [0.1, 0.15) is 29.5 Å². The normalized spacial score (nSPS) is 14.3. The van der Waals surface area contributed by atoms with Crippen molar-refractivity contribution in [2.45, 2.75) is 38.6 Å². The lowest BCUT2D eigenvalue weighted by Crippen LogP contribution is -2.15. The van der Waals surface area contributed by atoms with E-state index in [1.54, 1.807) is 0 Å². The predicted molar refractivity (Wildman–Crippen MR) is 88.9 cm³/mol. The molecule has 1 aliphatic carbocycles. The molecule has 0 unspecified atom stereocenters. The fraction of sp³-hybridized carbons (Fsp3) is 0.333. The van der Waals surface area contributed by atoms with Crippen molar-refractivity contribution >= 4 is 15.9 Å². The monoisotopic (exact) mass is 345 g/mol. The van der Waals surface area contributed by atoms with E-state index in [4.69, 9.17) is 4.74 Å². The summed E-state index contributed by atoms with van der Waals surface area (Å²) in [7, 11) is 0. The standard InChI is InChI=1S/C18H20BrNO/c19-18-7-2-1-6-16(18)13-21-12-15-5-3-4-14(10-15)11-20-17-8-9-17/h1-7,10,17,20H,8-9,11-13H2. The Labute approximate surface area is 134 Å². The summed E-state index contributed by atoms with van der Waals surface area (Å²) in [5.74, 6) is 0. The van der Waals surface area contributed by atoms with Crippen LogP contribution in [0.25, 0.3) is 0 Å². The Balaban J connectivity index is 1.50. The second-order valence-electron chi connectivity index (χ2n) is 5.56. The Hall–Kier alpha value is -1.16. The zero-order valence-electron chi connectivity index (χ0n) is 12.0. The second-order valence-corrected chi connectivity index (χ2v) is 6.41. The van der Waals surface area contributed by atoms with Gasteiger partial charge in [0.25, 0.3) is 0 Å². The van der Waals surface area contributed by atoms with Crippen LogP contribution in [0.15, 0.2) is 53.0 Å². The van der Waals surface area contributed by atoms with Gasteiger partial charge in [0.2, 0.25) is 0 Å². The molecule has 2 aromatic carbocycles. The highest BCUT2D eigenvalue weighted by Crippen LogP contribution is 2.20. The van der Waals surface area contributed by atoms with Gasteiger partial charge in [-0.25, -0.2) is 0 Å². The minimum Gasteiger partial charge on any atom is -0.372 e. The largest absolute Gasteiger partial charge is 0.372 e. The van der Waals surface area contributed by atoms with Crippen LogP contribution in [0.2, 0.25) is 0 Å². The van der Waals surface area contributed by atoms with E-state index in [2.05, 4.69) is 51.6 Å². The lowest BCUT2D eigenvalue weighted by Gasteiger charge is -2.08. The predicted octanol–water partition coefficient (Wildman–Crippen LogP) is 4.42. The van der Waals surface area contributed by atoms with Crippen molar-refractivity contribution in [1.82, 2.24) is 5.32 Å². The quantitative estimate of drug-likeness (QED) is 0.801. The molecular weight excluding hydrogens is 326 g/mol. The van der Waals surface area contributed by atoms with Crippen LogP contribution in [0.4, 0.5) is 0 Å². The average Bonchev–Trinajstić information content (AvgIpc) is 3.32. The Kier molecular flexibility index (Phi) is 5.07. The maximum atomic E-state index is 5.83. The zero-order chi connectivity index (χ0) is 14.5. The molecule has 21 heavy (non-hydrogen) atoms. The van der Waals surface area contributed by atoms with Crippen molar-refractivity contribution in [1.29, 1.82) is 0 Å². The molecule has 0 radical (unpaired) electrons. The van der Waals surface area contributed by atoms with Gasteiger partial charge in [-0.1, -0.05) is 58.4 Å². The number of nitrogens with one attached hydrogen (secondary N) is 1. The minimum absolute atomic E-state index is 0.631. The highest BCUT2D eigenvalue weighted by atomic mass is 79.9. The van der Waals surface area contributed by atoms with Gasteiger partial charge in [-0.05, 0) is 35.6 Å². The number of hydrogen-bond acceptors (Lipinski definition) is 2. The van der Waals surface area contributed by atoms with E-state index in [1.807, 2.05) is 18.2 Å². The smallest absolute Gasteiger partial charge is 0.0732 e. The minimum atomic E-state index is 0.631. The molecule has 1 aliphatic rings. The first-order valence-electron chi connectivity index (χ1n) is 7.43. The average molecular weight is 346 g/mol. The lowest BCUT2D eigenvalue weighted by atomic mass is 10.1. The molecule has 0 spiro atoms. The summed E-state index contributed by atoms with van der Waals surface area (Å²) in [5, 5.41) is 3.54. The van der Waals surface area contributed by atoms with E-state index in [0.29, 0.717) is 13.2 Å². The van der Waals surface area contributed by atoms with Gasteiger partial charge in [-0.15, -0.1) is 0 Å². The lowest BCUT2D eigenvalue weighted by molar-refractivity contribution is 0.106. The van der Waals surface area contributed by atoms with Crippen molar-refractivity contribution in [2.24, 2.45) is 0 Å². The van der Waals surface area contributed by atoms with Gasteiger partial charge in [-0.2, -0.15) is 0 Å². The molecule has 0 bridgehead atoms. The molecule has 0 saturated heterocycles. The van der Waals surface area contributed by atoms with E-state index in [1.165, 1.54) is 29.5 Å². The van der Waals surface area contributed by atoms with Crippen LogP contribution in [-0.2, 0) is 24.5 Å². The van der Waals surface area contributed by atoms with E-state index in [9.17, 15) is 0 Å². The molecule has 0 aromatic heterocycles. The first kappa shape index (κ1) is 14.8. The number of hydrogen-bond donors (Lipinski definition) is 1. The highest BCUT2D eigenvalue weighted by molar-refractivity contribution is 9.10. The van der Waals surface area contributed by atoms with Crippen molar-refractivity contribution in [3.05, 3.63) is 69.7 Å². The van der Waals surface area contributed by atoms with Crippen molar-refractivity contribution in [3.8, 4) is 0 Å². The molecule has 1 N–H and O–H groups in total. The Morgan fingerprint density at radius 1 is 1.00 bits per heavy atom. The third-order valence-corrected chi connectivity index (χ3v) is 4.42. The van der Waals surface area contributed by atoms with Crippen LogP contribution in [0, 0.1) is 0 Å². The molecule has 3 heteroatoms. The number of halogens is 1. The first-order valence-corrected chi connectivity index (χ1v) is 8.23. The van der Waals surface area contributed by atoms with Gasteiger partial charge < -0.3 is 10.1 Å². The topological polar surface area (TPSA) is 21.3 Å². The van der Waals surface area contributed by atoms with Crippen LogP contribution < -0.4 is 5.32 Å². The molecular formula is C18H20BrNO. The summed E-state index contributed by atoms with van der Waals surface area (Å²) in [4.78, 5) is 0. The fourth-order valence-electron chi connectivity index (χ4n) is 2.27. The number of benzene rings is 2. The van der Waals surface area contributed by atoms with E-state index < -0.39 is 0 Å². The van der Waals surface area contributed by atoms with Crippen molar-refractivity contribution in [2.75, 3.05) is 0 Å². The molecule has 1 fully saturated rings. The second kappa shape index (κ2) is 7.21. The van der Waals surface area contributed by atoms with Crippen LogP contribution >= 0.6 is 15.9 Å². The summed E-state index contributed by atoms with van der Waals surface area (Å²) >= 11 is 3.55. The maximum absolute atomic E-state index is 5.83. The van der Waals surface area contributed by atoms with Crippen molar-refractivity contribution < 1.29 is 4.74 Å². The highest BCUT2D eigenvalue weighted by Gasteiger charge is 2.19. The third-order valence-electron chi connectivity index (χ3n) is 3.65. The fourth-order valence-corrected chi connectivity index (χ4v) is 2.67. The van der Waals surface area contributed by atoms with E-state index in [0.717, 1.165) is 17.1 Å². The van der Waals surface area contributed by atoms with E-state index >= 15 is 0 Å². The van der Waals surface area contributed by atoms with Gasteiger partial charge in [0, 0.05) is 17.1 Å². The number of ether oxygens (including phenoxy) is 1. The Bertz CT molecular complexity index is 595. The summed E-state index contributed by atoms with van der Waals surface area (Å²) in [6, 6.07) is 17.6. The first-order chi connectivity index (χ1) is 10.3. The molecule has 110 valence electrons. The maximum Gasteiger partial charge on any atom is 0.0732 e. The molecule has 0 aliphatic heterocycles. The van der Waals surface area contributed by atoms with Gasteiger partial charge in [0.15, 0.2) is 0 Å². The molecule has 1 saturated carbocycles. The molecule has 0 atom stereocenters. The van der Waals surface area contributed by atoms with Gasteiger partial charge in [0.05, 0.1) is 13.2 Å². The molecule has 2 nitrogen and oxygen atoms in total. The number of rotatable bonds is 7. The molecule has 2 aromatic rings. The van der Waals surface area contributed by atoms with Crippen LogP contribution in [0.3, 0.4) is 0 Å². The van der Waals surface area contributed by atoms with Crippen molar-refractivity contribution in [3.63, 3.8) is 0 Å². The molecule has 3 rings (SSSR count).